The highest BCUT2D eigenvalue weighted by Crippen LogP contribution is 2.27. The van der Waals surface area contributed by atoms with Gasteiger partial charge in [0.05, 0.1) is 24.6 Å². The molecule has 1 N–H and O–H groups in total. The molecule has 0 unspecified atom stereocenters. The summed E-state index contributed by atoms with van der Waals surface area (Å²) in [6.07, 6.45) is 0. The third-order valence-electron chi connectivity index (χ3n) is 6.00. The number of hydrogen-bond acceptors (Lipinski definition) is 4. The molecular weight excluding hydrogens is 460 g/mol. The molecule has 0 heterocycles. The van der Waals surface area contributed by atoms with Crippen LogP contribution in [0.2, 0.25) is 0 Å². The molecule has 1 atom stereocenters. The number of nitrogens with one attached hydrogen (secondary N) is 1. The van der Waals surface area contributed by atoms with E-state index in [1.54, 1.807) is 21.0 Å². The second-order valence-electron chi connectivity index (χ2n) is 9.05. The Morgan fingerprint density at radius 2 is 1.49 bits per heavy atom. The van der Waals surface area contributed by atoms with E-state index >= 15 is 0 Å². The summed E-state index contributed by atoms with van der Waals surface area (Å²) in [5, 5.41) is 2.94. The topological polar surface area (TPSA) is 75.7 Å². The zero-order valence-electron chi connectivity index (χ0n) is 21.3. The summed E-state index contributed by atoms with van der Waals surface area (Å²) < 4.78 is 34.2. The number of rotatable bonds is 9. The molecule has 3 rings (SSSR count). The smallest absolute Gasteiger partial charge is 0.244 e. The van der Waals surface area contributed by atoms with Crippen molar-refractivity contribution in [3.8, 4) is 5.75 Å². The molecule has 0 aromatic heterocycles. The van der Waals surface area contributed by atoms with Crippen LogP contribution in [0.1, 0.15) is 46.3 Å². The molecule has 1 amide bonds. The fraction of sp³-hybridized carbons (Fsp3) is 0.321. The van der Waals surface area contributed by atoms with Gasteiger partial charge in [-0.05, 0) is 69.0 Å². The maximum atomic E-state index is 13.9. The Kier molecular flexibility index (Phi) is 8.35. The van der Waals surface area contributed by atoms with Crippen LogP contribution in [0.3, 0.4) is 0 Å². The van der Waals surface area contributed by atoms with Crippen LogP contribution < -0.4 is 10.1 Å². The molecule has 6 nitrogen and oxygen atoms in total. The van der Waals surface area contributed by atoms with E-state index in [0.29, 0.717) is 11.1 Å². The summed E-state index contributed by atoms with van der Waals surface area (Å²) in [6.45, 7) is 9.18. The van der Waals surface area contributed by atoms with Gasteiger partial charge < -0.3 is 10.1 Å². The van der Waals surface area contributed by atoms with Crippen LogP contribution in [0.4, 0.5) is 0 Å². The zero-order chi connectivity index (χ0) is 25.8. The fourth-order valence-electron chi connectivity index (χ4n) is 4.25. The number of sulfonamides is 1. The molecule has 0 saturated carbocycles. The highest BCUT2D eigenvalue weighted by Gasteiger charge is 2.30. The van der Waals surface area contributed by atoms with Gasteiger partial charge in [-0.2, -0.15) is 4.31 Å². The number of aryl methyl sites for hydroxylation is 4. The van der Waals surface area contributed by atoms with Gasteiger partial charge in [0.1, 0.15) is 5.75 Å². The first-order chi connectivity index (χ1) is 16.5. The average molecular weight is 495 g/mol. The third kappa shape index (κ3) is 6.50. The SMILES string of the molecule is COc1ccc([C@H](C)NC(=O)CN(Cc2ccc(C)cc2)S(=O)(=O)c2c(C)cc(C)cc2C)cc1. The van der Waals surface area contributed by atoms with Crippen LogP contribution in [0.25, 0.3) is 0 Å². The van der Waals surface area contributed by atoms with Crippen molar-refractivity contribution in [2.45, 2.75) is 52.1 Å². The lowest BCUT2D eigenvalue weighted by atomic mass is 10.1. The summed E-state index contributed by atoms with van der Waals surface area (Å²) in [6, 6.07) is 18.5. The molecule has 0 radical (unpaired) electrons. The lowest BCUT2D eigenvalue weighted by Crippen LogP contribution is -2.41. The van der Waals surface area contributed by atoms with E-state index in [-0.39, 0.29) is 29.9 Å². The number of hydrogen-bond donors (Lipinski definition) is 1. The molecule has 35 heavy (non-hydrogen) atoms. The highest BCUT2D eigenvalue weighted by molar-refractivity contribution is 7.89. The summed E-state index contributed by atoms with van der Waals surface area (Å²) in [4.78, 5) is 13.3. The van der Waals surface area contributed by atoms with Gasteiger partial charge in [-0.1, -0.05) is 59.7 Å². The minimum Gasteiger partial charge on any atom is -0.497 e. The Bertz CT molecular complexity index is 1260. The van der Waals surface area contributed by atoms with Crippen molar-refractivity contribution in [3.63, 3.8) is 0 Å². The van der Waals surface area contributed by atoms with E-state index < -0.39 is 10.0 Å². The van der Waals surface area contributed by atoms with Crippen LogP contribution in [-0.2, 0) is 21.4 Å². The first kappa shape index (κ1) is 26.4. The second-order valence-corrected chi connectivity index (χ2v) is 10.9. The molecule has 7 heteroatoms. The van der Waals surface area contributed by atoms with E-state index in [1.807, 2.05) is 81.4 Å². The Morgan fingerprint density at radius 1 is 0.914 bits per heavy atom. The van der Waals surface area contributed by atoms with Crippen molar-refractivity contribution >= 4 is 15.9 Å². The minimum absolute atomic E-state index is 0.0969. The normalized spacial score (nSPS) is 12.4. The molecule has 0 spiro atoms. The van der Waals surface area contributed by atoms with E-state index in [9.17, 15) is 13.2 Å². The van der Waals surface area contributed by atoms with Crippen molar-refractivity contribution in [2.24, 2.45) is 0 Å². The highest BCUT2D eigenvalue weighted by atomic mass is 32.2. The van der Waals surface area contributed by atoms with Crippen molar-refractivity contribution in [1.82, 2.24) is 9.62 Å². The molecule has 3 aromatic carbocycles. The number of amides is 1. The molecule has 186 valence electrons. The second kappa shape index (κ2) is 11.1. The quantitative estimate of drug-likeness (QED) is 0.454. The number of methoxy groups -OCH3 is 1. The van der Waals surface area contributed by atoms with Crippen molar-refractivity contribution in [2.75, 3.05) is 13.7 Å². The van der Waals surface area contributed by atoms with E-state index in [1.165, 1.54) is 4.31 Å². The molecular formula is C28H34N2O4S. The number of nitrogens with zero attached hydrogens (tertiary/aromatic N) is 1. The van der Waals surface area contributed by atoms with Crippen molar-refractivity contribution in [1.29, 1.82) is 0 Å². The standard InChI is InChI=1S/C28H34N2O4S/c1-19-7-9-24(10-8-19)17-30(35(32,33)28-21(3)15-20(2)16-22(28)4)18-27(31)29-23(5)25-11-13-26(34-6)14-12-25/h7-16,23H,17-18H2,1-6H3,(H,29,31)/t23-/m0/s1. The number of ether oxygens (including phenoxy) is 1. The maximum Gasteiger partial charge on any atom is 0.244 e. The van der Waals surface area contributed by atoms with E-state index in [0.717, 1.165) is 28.0 Å². The maximum absolute atomic E-state index is 13.9. The Hall–Kier alpha value is -3.16. The van der Waals surface area contributed by atoms with Gasteiger partial charge in [-0.3, -0.25) is 4.79 Å². The Balaban J connectivity index is 1.89. The van der Waals surface area contributed by atoms with Gasteiger partial charge in [0, 0.05) is 6.54 Å². The van der Waals surface area contributed by atoms with Gasteiger partial charge in [0.25, 0.3) is 0 Å². The lowest BCUT2D eigenvalue weighted by Gasteiger charge is -2.25. The minimum atomic E-state index is -3.94. The lowest BCUT2D eigenvalue weighted by molar-refractivity contribution is -0.122. The first-order valence-corrected chi connectivity index (χ1v) is 13.0. The average Bonchev–Trinajstić information content (AvgIpc) is 2.79. The summed E-state index contributed by atoms with van der Waals surface area (Å²) in [5.41, 5.74) is 5.14. The number of carbonyl (C=O) groups is 1. The third-order valence-corrected chi connectivity index (χ3v) is 8.09. The Labute approximate surface area is 209 Å². The van der Waals surface area contributed by atoms with Crippen LogP contribution in [0.5, 0.6) is 5.75 Å². The molecule has 3 aromatic rings. The molecule has 0 fully saturated rings. The summed E-state index contributed by atoms with van der Waals surface area (Å²) in [5.74, 6) is 0.359. The first-order valence-electron chi connectivity index (χ1n) is 11.6. The van der Waals surface area contributed by atoms with Crippen LogP contribution in [-0.4, -0.2) is 32.3 Å². The van der Waals surface area contributed by atoms with Crippen LogP contribution in [0, 0.1) is 27.7 Å². The Morgan fingerprint density at radius 3 is 2.03 bits per heavy atom. The predicted molar refractivity (Wildman–Crippen MR) is 139 cm³/mol. The fourth-order valence-corrected chi connectivity index (χ4v) is 6.05. The van der Waals surface area contributed by atoms with Gasteiger partial charge >= 0.3 is 0 Å². The van der Waals surface area contributed by atoms with Gasteiger partial charge in [-0.25, -0.2) is 8.42 Å². The monoisotopic (exact) mass is 494 g/mol. The molecule has 0 aliphatic rings. The predicted octanol–water partition coefficient (Wildman–Crippen LogP) is 5.00. The molecule has 0 bridgehead atoms. The van der Waals surface area contributed by atoms with E-state index in [4.69, 9.17) is 4.74 Å². The van der Waals surface area contributed by atoms with Crippen molar-refractivity contribution in [3.05, 3.63) is 94.0 Å². The van der Waals surface area contributed by atoms with Gasteiger partial charge in [0.2, 0.25) is 15.9 Å². The molecule has 0 aliphatic carbocycles. The zero-order valence-corrected chi connectivity index (χ0v) is 22.1. The van der Waals surface area contributed by atoms with E-state index in [2.05, 4.69) is 5.32 Å². The summed E-state index contributed by atoms with van der Waals surface area (Å²) >= 11 is 0. The van der Waals surface area contributed by atoms with Gasteiger partial charge in [0.15, 0.2) is 0 Å². The van der Waals surface area contributed by atoms with Crippen LogP contribution >= 0.6 is 0 Å². The van der Waals surface area contributed by atoms with Crippen molar-refractivity contribution < 1.29 is 17.9 Å². The largest absolute Gasteiger partial charge is 0.497 e. The molecule has 0 aliphatic heterocycles. The number of benzene rings is 3. The van der Waals surface area contributed by atoms with Crippen LogP contribution in [0.15, 0.2) is 65.6 Å². The molecule has 0 saturated heterocycles. The number of carbonyl (C=O) groups excluding carboxylic acids is 1. The summed E-state index contributed by atoms with van der Waals surface area (Å²) in [7, 11) is -2.34. The van der Waals surface area contributed by atoms with Gasteiger partial charge in [-0.15, -0.1) is 0 Å².